The quantitative estimate of drug-likeness (QED) is 0.751. The summed E-state index contributed by atoms with van der Waals surface area (Å²) >= 11 is 0. The third kappa shape index (κ3) is 6.67. The second-order valence-electron chi connectivity index (χ2n) is 2.42. The average molecular weight is 195 g/mol. The van der Waals surface area contributed by atoms with Crippen LogP contribution in [-0.4, -0.2) is 7.05 Å². The van der Waals surface area contributed by atoms with Gasteiger partial charge in [-0.15, -0.1) is 0 Å². The van der Waals surface area contributed by atoms with Crippen molar-refractivity contribution in [2.24, 2.45) is 0 Å². The van der Waals surface area contributed by atoms with Gasteiger partial charge in [-0.1, -0.05) is 58.0 Å². The van der Waals surface area contributed by atoms with Crippen LogP contribution in [0.5, 0.6) is 0 Å². The summed E-state index contributed by atoms with van der Waals surface area (Å²) in [6, 6.07) is 10.9. The molecule has 0 saturated heterocycles. The van der Waals surface area contributed by atoms with Crippen LogP contribution in [0.3, 0.4) is 0 Å². The van der Waals surface area contributed by atoms with Crippen LogP contribution < -0.4 is 5.32 Å². The van der Waals surface area contributed by atoms with Crippen LogP contribution in [0, 0.1) is 0 Å². The Morgan fingerprint density at radius 2 is 1.36 bits per heavy atom. The molecule has 0 spiro atoms. The molecule has 0 radical (unpaired) electrons. The van der Waals surface area contributed by atoms with Gasteiger partial charge in [-0.05, 0) is 19.5 Å². The van der Waals surface area contributed by atoms with Gasteiger partial charge in [-0.3, -0.25) is 0 Å². The van der Waals surface area contributed by atoms with Crippen molar-refractivity contribution in [3.05, 3.63) is 35.9 Å². The van der Waals surface area contributed by atoms with E-state index in [9.17, 15) is 0 Å². The van der Waals surface area contributed by atoms with E-state index in [2.05, 4.69) is 36.5 Å². The highest BCUT2D eigenvalue weighted by molar-refractivity contribution is 5.17. The van der Waals surface area contributed by atoms with Crippen molar-refractivity contribution in [1.29, 1.82) is 0 Å². The molecule has 0 bridgehead atoms. The molecule has 0 saturated carbocycles. The number of rotatable bonds is 2. The smallest absolute Gasteiger partial charge is 0.0289 e. The number of hydrogen-bond acceptors (Lipinski definition) is 1. The Kier molecular flexibility index (Phi) is 13.6. The van der Waals surface area contributed by atoms with Crippen molar-refractivity contribution in [2.45, 2.75) is 40.7 Å². The van der Waals surface area contributed by atoms with Crippen molar-refractivity contribution in [3.8, 4) is 0 Å². The van der Waals surface area contributed by atoms with E-state index in [4.69, 9.17) is 0 Å². The first kappa shape index (κ1) is 15.6. The van der Waals surface area contributed by atoms with Gasteiger partial charge in [0.15, 0.2) is 0 Å². The van der Waals surface area contributed by atoms with Gasteiger partial charge in [0, 0.05) is 6.04 Å². The van der Waals surface area contributed by atoms with E-state index in [0.717, 1.165) is 0 Å². The first-order chi connectivity index (χ1) is 6.84. The Morgan fingerprint density at radius 3 is 1.71 bits per heavy atom. The third-order valence-electron chi connectivity index (χ3n) is 1.73. The maximum absolute atomic E-state index is 3.18. The van der Waals surface area contributed by atoms with E-state index in [-0.39, 0.29) is 0 Å². The fourth-order valence-corrected chi connectivity index (χ4v) is 0.908. The number of hydrogen-bond donors (Lipinski definition) is 1. The summed E-state index contributed by atoms with van der Waals surface area (Å²) in [6.07, 6.45) is 0. The highest BCUT2D eigenvalue weighted by Gasteiger charge is 1.97. The molecule has 0 aliphatic rings. The topological polar surface area (TPSA) is 12.0 Å². The Bertz CT molecular complexity index is 182. The largest absolute Gasteiger partial charge is 0.313 e. The Morgan fingerprint density at radius 1 is 0.929 bits per heavy atom. The van der Waals surface area contributed by atoms with Crippen molar-refractivity contribution in [3.63, 3.8) is 0 Å². The lowest BCUT2D eigenvalue weighted by Gasteiger charge is -2.08. The summed E-state index contributed by atoms with van der Waals surface area (Å²) in [5, 5.41) is 3.18. The molecule has 14 heavy (non-hydrogen) atoms. The lowest BCUT2D eigenvalue weighted by Crippen LogP contribution is -2.11. The first-order valence-corrected chi connectivity index (χ1v) is 5.57. The second kappa shape index (κ2) is 12.2. The minimum atomic E-state index is 0.459. The minimum Gasteiger partial charge on any atom is -0.313 e. The van der Waals surface area contributed by atoms with Crippen molar-refractivity contribution in [1.82, 2.24) is 5.32 Å². The van der Waals surface area contributed by atoms with Crippen LogP contribution >= 0.6 is 0 Å². The van der Waals surface area contributed by atoms with E-state index in [1.807, 2.05) is 40.8 Å². The fraction of sp³-hybridized carbons (Fsp3) is 0.538. The molecule has 1 nitrogen and oxygen atoms in total. The molecule has 1 aromatic carbocycles. The van der Waals surface area contributed by atoms with Crippen molar-refractivity contribution >= 4 is 0 Å². The van der Waals surface area contributed by atoms with Crippen LogP contribution in [0.15, 0.2) is 30.3 Å². The zero-order chi connectivity index (χ0) is 11.4. The normalized spacial score (nSPS) is 10.1. The van der Waals surface area contributed by atoms with E-state index in [1.54, 1.807) is 0 Å². The predicted molar refractivity (Wildman–Crippen MR) is 66.6 cm³/mol. The fourth-order valence-electron chi connectivity index (χ4n) is 0.908. The SMILES string of the molecule is CC.CC.CN[C@@H](C)c1ccccc1. The maximum atomic E-state index is 3.18. The maximum Gasteiger partial charge on any atom is 0.0289 e. The molecule has 0 aliphatic heterocycles. The van der Waals surface area contributed by atoms with E-state index in [0.29, 0.717) is 6.04 Å². The zero-order valence-electron chi connectivity index (χ0n) is 10.5. The highest BCUT2D eigenvalue weighted by Crippen LogP contribution is 2.09. The molecular weight excluding hydrogens is 170 g/mol. The van der Waals surface area contributed by atoms with Crippen LogP contribution in [-0.2, 0) is 0 Å². The molecule has 1 N–H and O–H groups in total. The van der Waals surface area contributed by atoms with E-state index >= 15 is 0 Å². The van der Waals surface area contributed by atoms with Crippen molar-refractivity contribution < 1.29 is 0 Å². The molecule has 1 heteroatoms. The molecule has 1 aromatic rings. The van der Waals surface area contributed by atoms with Crippen molar-refractivity contribution in [2.75, 3.05) is 7.05 Å². The van der Waals surface area contributed by atoms with Gasteiger partial charge < -0.3 is 5.32 Å². The van der Waals surface area contributed by atoms with Gasteiger partial charge in [0.1, 0.15) is 0 Å². The number of benzene rings is 1. The highest BCUT2D eigenvalue weighted by atomic mass is 14.8. The van der Waals surface area contributed by atoms with Gasteiger partial charge in [0.2, 0.25) is 0 Å². The average Bonchev–Trinajstić information content (AvgIpc) is 2.34. The van der Waals surface area contributed by atoms with Gasteiger partial charge in [0.05, 0.1) is 0 Å². The van der Waals surface area contributed by atoms with E-state index in [1.165, 1.54) is 5.56 Å². The molecule has 0 aromatic heterocycles. The third-order valence-corrected chi connectivity index (χ3v) is 1.73. The molecule has 0 fully saturated rings. The monoisotopic (exact) mass is 195 g/mol. The lowest BCUT2D eigenvalue weighted by atomic mass is 10.1. The molecule has 82 valence electrons. The van der Waals surface area contributed by atoms with Gasteiger partial charge in [-0.2, -0.15) is 0 Å². The van der Waals surface area contributed by atoms with Crippen LogP contribution in [0.4, 0.5) is 0 Å². The molecule has 0 unspecified atom stereocenters. The first-order valence-electron chi connectivity index (χ1n) is 5.57. The Balaban J connectivity index is 0. The van der Waals surface area contributed by atoms with Crippen LogP contribution in [0.2, 0.25) is 0 Å². The molecule has 0 amide bonds. The summed E-state index contributed by atoms with van der Waals surface area (Å²) in [6.45, 7) is 10.1. The summed E-state index contributed by atoms with van der Waals surface area (Å²) in [7, 11) is 1.97. The minimum absolute atomic E-state index is 0.459. The van der Waals surface area contributed by atoms with E-state index < -0.39 is 0 Å². The molecule has 0 aliphatic carbocycles. The summed E-state index contributed by atoms with van der Waals surface area (Å²) in [5.74, 6) is 0. The lowest BCUT2D eigenvalue weighted by molar-refractivity contribution is 0.652. The summed E-state index contributed by atoms with van der Waals surface area (Å²) < 4.78 is 0. The summed E-state index contributed by atoms with van der Waals surface area (Å²) in [4.78, 5) is 0. The molecular formula is C13H25N. The van der Waals surface area contributed by atoms with Crippen LogP contribution in [0.25, 0.3) is 0 Å². The van der Waals surface area contributed by atoms with Gasteiger partial charge >= 0.3 is 0 Å². The zero-order valence-corrected chi connectivity index (χ0v) is 10.5. The number of nitrogens with one attached hydrogen (secondary N) is 1. The van der Waals surface area contributed by atoms with Gasteiger partial charge in [0.25, 0.3) is 0 Å². The van der Waals surface area contributed by atoms with Gasteiger partial charge in [-0.25, -0.2) is 0 Å². The summed E-state index contributed by atoms with van der Waals surface area (Å²) in [5.41, 5.74) is 1.34. The molecule has 0 heterocycles. The predicted octanol–water partition coefficient (Wildman–Crippen LogP) is 4.02. The Labute approximate surface area is 89.5 Å². The standard InChI is InChI=1S/C9H13N.2C2H6/c1-8(10-2)9-6-4-3-5-7-9;2*1-2/h3-8,10H,1-2H3;2*1-2H3/t8-;;/m0../s1. The molecule has 1 rings (SSSR count). The Hall–Kier alpha value is -0.820. The van der Waals surface area contributed by atoms with Crippen LogP contribution in [0.1, 0.15) is 46.2 Å². The molecule has 1 atom stereocenters. The second-order valence-corrected chi connectivity index (χ2v) is 2.42.